The van der Waals surface area contributed by atoms with Gasteiger partial charge in [-0.2, -0.15) is 0 Å². The first-order valence-corrected chi connectivity index (χ1v) is 18.8. The highest BCUT2D eigenvalue weighted by molar-refractivity contribution is 5.96. The molecule has 2 heterocycles. The maximum Gasteiger partial charge on any atom is 0.243 e. The van der Waals surface area contributed by atoms with E-state index in [1.165, 1.54) is 0 Å². The molecule has 292 valence electrons. The fourth-order valence-electron chi connectivity index (χ4n) is 6.88. The summed E-state index contributed by atoms with van der Waals surface area (Å²) in [6.07, 6.45) is 2.67. The number of aromatic nitrogens is 1. The summed E-state index contributed by atoms with van der Waals surface area (Å²) in [6, 6.07) is 12.1. The summed E-state index contributed by atoms with van der Waals surface area (Å²) in [5.41, 5.74) is 7.84. The van der Waals surface area contributed by atoms with Crippen LogP contribution in [0.2, 0.25) is 0 Å². The number of likely N-dealkylation sites (N-methyl/N-ethyl adjacent to an activating group) is 1. The predicted molar refractivity (Wildman–Crippen MR) is 207 cm³/mol. The monoisotopic (exact) mass is 744 g/mol. The average molecular weight is 745 g/mol. The molecule has 1 saturated heterocycles. The number of fused-ring (bicyclic) bond motifs is 1. The Hall–Kier alpha value is -5.24. The third-order valence-corrected chi connectivity index (χ3v) is 9.54. The second-order valence-corrected chi connectivity index (χ2v) is 15.1. The quantitative estimate of drug-likeness (QED) is 0.155. The lowest BCUT2D eigenvalue weighted by molar-refractivity contribution is -0.135. The molecule has 5 atom stereocenters. The van der Waals surface area contributed by atoms with Gasteiger partial charge >= 0.3 is 0 Å². The Labute approximate surface area is 317 Å². The number of hydrogen-bond donors (Lipinski definition) is 7. The molecule has 1 aliphatic rings. The van der Waals surface area contributed by atoms with E-state index in [1.807, 2.05) is 87.2 Å². The van der Waals surface area contributed by atoms with Gasteiger partial charge in [0.1, 0.15) is 18.1 Å². The molecule has 14 heteroatoms. The number of hydrogen-bond acceptors (Lipinski definition) is 7. The molecular weight excluding hydrogens is 688 g/mol. The van der Waals surface area contributed by atoms with E-state index in [0.29, 0.717) is 19.4 Å². The average Bonchev–Trinajstić information content (AvgIpc) is 3.52. The van der Waals surface area contributed by atoms with Crippen LogP contribution in [0.3, 0.4) is 0 Å². The van der Waals surface area contributed by atoms with Crippen LogP contribution >= 0.6 is 0 Å². The van der Waals surface area contributed by atoms with E-state index in [-0.39, 0.29) is 50.1 Å². The summed E-state index contributed by atoms with van der Waals surface area (Å²) in [6.45, 7) is 8.02. The molecule has 3 aromatic rings. The number of primary amides is 1. The number of nitrogens with two attached hydrogens (primary N) is 1. The molecule has 6 amide bonds. The molecule has 1 aliphatic heterocycles. The predicted octanol–water partition coefficient (Wildman–Crippen LogP) is 1.68. The van der Waals surface area contributed by atoms with Crippen LogP contribution in [0.15, 0.2) is 60.8 Å². The maximum absolute atomic E-state index is 14.3. The molecule has 8 N–H and O–H groups in total. The van der Waals surface area contributed by atoms with Gasteiger partial charge in [-0.15, -0.1) is 0 Å². The van der Waals surface area contributed by atoms with E-state index in [0.717, 1.165) is 22.0 Å². The molecule has 0 aliphatic carbocycles. The van der Waals surface area contributed by atoms with Crippen molar-refractivity contribution < 1.29 is 28.8 Å². The van der Waals surface area contributed by atoms with Crippen LogP contribution in [0.1, 0.15) is 64.5 Å². The lowest BCUT2D eigenvalue weighted by atomic mass is 9.98. The summed E-state index contributed by atoms with van der Waals surface area (Å²) < 4.78 is 0. The van der Waals surface area contributed by atoms with Gasteiger partial charge in [0.15, 0.2) is 0 Å². The van der Waals surface area contributed by atoms with Crippen molar-refractivity contribution in [2.45, 2.75) is 96.4 Å². The van der Waals surface area contributed by atoms with Crippen LogP contribution in [0.4, 0.5) is 0 Å². The van der Waals surface area contributed by atoms with Crippen molar-refractivity contribution in [3.63, 3.8) is 0 Å². The van der Waals surface area contributed by atoms with E-state index < -0.39 is 59.6 Å². The SMILES string of the molecule is CC(C)C[C@H]1CN(C)[C@@H](CC(C)C)C(=O)N[C@@H](CCC(N)=O)C(=O)N[C@@H](Cc2c[nH]c3ccccc23)C(=O)N[C@@H](Cc2ccccc2)C(=O)NCC(=O)N1. The zero-order valence-corrected chi connectivity index (χ0v) is 31.9. The molecule has 0 saturated carbocycles. The number of carbonyl (C=O) groups is 6. The Bertz CT molecular complexity index is 1760. The van der Waals surface area contributed by atoms with Crippen molar-refractivity contribution >= 4 is 46.3 Å². The number of para-hydroxylation sites is 1. The number of nitrogens with zero attached hydrogens (tertiary/aromatic N) is 1. The Balaban J connectivity index is 1.75. The van der Waals surface area contributed by atoms with Crippen LogP contribution in [-0.4, -0.2) is 95.7 Å². The third kappa shape index (κ3) is 12.4. The van der Waals surface area contributed by atoms with E-state index >= 15 is 0 Å². The number of carbonyl (C=O) groups excluding carboxylic acids is 6. The molecule has 0 radical (unpaired) electrons. The molecule has 0 spiro atoms. The molecule has 0 unspecified atom stereocenters. The smallest absolute Gasteiger partial charge is 0.243 e. The van der Waals surface area contributed by atoms with Gasteiger partial charge in [-0.1, -0.05) is 76.2 Å². The maximum atomic E-state index is 14.3. The molecule has 1 fully saturated rings. The van der Waals surface area contributed by atoms with Gasteiger partial charge in [0.2, 0.25) is 35.4 Å². The molecule has 14 nitrogen and oxygen atoms in total. The van der Waals surface area contributed by atoms with Crippen molar-refractivity contribution in [2.24, 2.45) is 17.6 Å². The lowest BCUT2D eigenvalue weighted by Gasteiger charge is -2.34. The Morgan fingerprint density at radius 3 is 2.04 bits per heavy atom. The molecule has 0 bridgehead atoms. The lowest BCUT2D eigenvalue weighted by Crippen LogP contribution is -2.60. The summed E-state index contributed by atoms with van der Waals surface area (Å²) in [4.78, 5) is 86.6. The fraction of sp³-hybridized carbons (Fsp3) is 0.500. The van der Waals surface area contributed by atoms with Crippen molar-refractivity contribution in [1.82, 2.24) is 36.5 Å². The van der Waals surface area contributed by atoms with Crippen molar-refractivity contribution in [3.8, 4) is 0 Å². The summed E-state index contributed by atoms with van der Waals surface area (Å²) in [7, 11) is 1.79. The fourth-order valence-corrected chi connectivity index (χ4v) is 6.88. The summed E-state index contributed by atoms with van der Waals surface area (Å²) >= 11 is 0. The summed E-state index contributed by atoms with van der Waals surface area (Å²) in [5.74, 6) is -3.08. The van der Waals surface area contributed by atoms with Gasteiger partial charge in [0.05, 0.1) is 12.6 Å². The van der Waals surface area contributed by atoms with E-state index in [9.17, 15) is 28.8 Å². The van der Waals surface area contributed by atoms with Gasteiger partial charge in [-0.3, -0.25) is 33.7 Å². The normalized spacial score (nSPS) is 22.9. The zero-order chi connectivity index (χ0) is 39.4. The van der Waals surface area contributed by atoms with Crippen molar-refractivity contribution in [1.29, 1.82) is 0 Å². The first kappa shape index (κ1) is 41.5. The van der Waals surface area contributed by atoms with Gasteiger partial charge in [-0.05, 0) is 55.3 Å². The third-order valence-electron chi connectivity index (χ3n) is 9.54. The summed E-state index contributed by atoms with van der Waals surface area (Å²) in [5, 5.41) is 15.1. The number of amides is 6. The van der Waals surface area contributed by atoms with E-state index in [1.54, 1.807) is 13.2 Å². The minimum absolute atomic E-state index is 0.0378. The standard InChI is InChI=1S/C40H56N8O6/c1-24(2)17-28-23-48(5)34(18-25(3)4)40(54)45-31(15-16-35(41)49)38(52)47-33(20-27-21-42-30-14-10-9-13-29(27)30)39(53)46-32(19-26-11-7-6-8-12-26)37(51)43-22-36(50)44-28/h6-14,21,24-25,28,31-34,42H,15-20,22-23H2,1-5H3,(H2,41,49)(H,43,51)(H,44,50)(H,45,54)(H,46,53)(H,47,52)/t28-,31-,32-,33-,34-/m0/s1. The van der Waals surface area contributed by atoms with Crippen LogP contribution in [0.5, 0.6) is 0 Å². The second kappa shape index (κ2) is 19.7. The number of rotatable bonds is 11. The van der Waals surface area contributed by atoms with Crippen molar-refractivity contribution in [3.05, 3.63) is 71.9 Å². The Kier molecular flexibility index (Phi) is 15.2. The van der Waals surface area contributed by atoms with Gasteiger partial charge < -0.3 is 37.3 Å². The number of nitrogens with one attached hydrogen (secondary N) is 6. The molecule has 2 aromatic carbocycles. The highest BCUT2D eigenvalue weighted by Gasteiger charge is 2.34. The van der Waals surface area contributed by atoms with Gasteiger partial charge in [0, 0.05) is 48.9 Å². The Morgan fingerprint density at radius 2 is 1.37 bits per heavy atom. The topological polar surface area (TPSA) is 208 Å². The van der Waals surface area contributed by atoms with Crippen molar-refractivity contribution in [2.75, 3.05) is 20.1 Å². The largest absolute Gasteiger partial charge is 0.370 e. The molecule has 54 heavy (non-hydrogen) atoms. The minimum Gasteiger partial charge on any atom is -0.370 e. The van der Waals surface area contributed by atoms with Gasteiger partial charge in [0.25, 0.3) is 0 Å². The number of aromatic amines is 1. The number of H-pyrrole nitrogens is 1. The first-order chi connectivity index (χ1) is 25.7. The van der Waals surface area contributed by atoms with Crippen LogP contribution in [0.25, 0.3) is 10.9 Å². The van der Waals surface area contributed by atoms with Crippen LogP contribution < -0.4 is 32.3 Å². The highest BCUT2D eigenvalue weighted by atomic mass is 16.2. The Morgan fingerprint density at radius 1 is 0.759 bits per heavy atom. The van der Waals surface area contributed by atoms with Crippen LogP contribution in [-0.2, 0) is 41.6 Å². The zero-order valence-electron chi connectivity index (χ0n) is 31.9. The second-order valence-electron chi connectivity index (χ2n) is 15.1. The van der Waals surface area contributed by atoms with Gasteiger partial charge in [-0.25, -0.2) is 0 Å². The van der Waals surface area contributed by atoms with E-state index in [4.69, 9.17) is 5.73 Å². The van der Waals surface area contributed by atoms with Crippen LogP contribution in [0, 0.1) is 11.8 Å². The highest BCUT2D eigenvalue weighted by Crippen LogP contribution is 2.20. The minimum atomic E-state index is -1.21. The molecule has 1 aromatic heterocycles. The van der Waals surface area contributed by atoms with E-state index in [2.05, 4.69) is 31.6 Å². The number of benzene rings is 2. The first-order valence-electron chi connectivity index (χ1n) is 18.8. The molecular formula is C40H56N8O6. The molecule has 4 rings (SSSR count).